The summed E-state index contributed by atoms with van der Waals surface area (Å²) < 4.78 is 11.7. The van der Waals surface area contributed by atoms with Crippen molar-refractivity contribution in [3.63, 3.8) is 0 Å². The monoisotopic (exact) mass is 436 g/mol. The molecule has 0 radical (unpaired) electrons. The lowest BCUT2D eigenvalue weighted by atomic mass is 10.0. The lowest BCUT2D eigenvalue weighted by Gasteiger charge is -2.24. The van der Waals surface area contributed by atoms with Crippen LogP contribution in [-0.2, 0) is 11.3 Å². The Balaban J connectivity index is 1.52. The van der Waals surface area contributed by atoms with Gasteiger partial charge >= 0.3 is 6.03 Å². The number of benzene rings is 2. The molecule has 4 rings (SSSR count). The molecule has 3 amide bonds. The average Bonchev–Trinajstić information content (AvgIpc) is 3.29. The maximum atomic E-state index is 12.5. The summed E-state index contributed by atoms with van der Waals surface area (Å²) in [6.07, 6.45) is 5.69. The largest absolute Gasteiger partial charge is 0.493 e. The van der Waals surface area contributed by atoms with Gasteiger partial charge < -0.3 is 20.5 Å². The van der Waals surface area contributed by atoms with E-state index in [4.69, 9.17) is 15.2 Å². The fraction of sp³-hybridized carbons (Fsp3) is 0.375. The maximum absolute atomic E-state index is 12.5. The van der Waals surface area contributed by atoms with Crippen LogP contribution in [0.15, 0.2) is 47.6 Å². The SMILES string of the molecule is COc1ccc(C2=NN(Cc3ccc(NC(N)=O)cc3)C(=O)CC2)cc1OC1CCCC1. The van der Waals surface area contributed by atoms with Gasteiger partial charge in [-0.25, -0.2) is 9.80 Å². The number of amides is 3. The molecule has 1 aliphatic heterocycles. The number of ether oxygens (including phenoxy) is 2. The number of rotatable bonds is 7. The van der Waals surface area contributed by atoms with E-state index in [1.54, 1.807) is 19.2 Å². The minimum absolute atomic E-state index is 0.0240. The molecule has 1 aliphatic carbocycles. The van der Waals surface area contributed by atoms with Crippen LogP contribution in [0, 0.1) is 0 Å². The molecule has 2 aliphatic rings. The molecule has 0 saturated heterocycles. The van der Waals surface area contributed by atoms with Crippen LogP contribution in [0.1, 0.15) is 49.7 Å². The van der Waals surface area contributed by atoms with Gasteiger partial charge in [-0.05, 0) is 61.6 Å². The van der Waals surface area contributed by atoms with Crippen molar-refractivity contribution in [2.24, 2.45) is 10.8 Å². The van der Waals surface area contributed by atoms with E-state index in [9.17, 15) is 9.59 Å². The Kier molecular flexibility index (Phi) is 6.58. The van der Waals surface area contributed by atoms with E-state index in [1.165, 1.54) is 17.9 Å². The molecule has 8 heteroatoms. The zero-order valence-electron chi connectivity index (χ0n) is 18.2. The van der Waals surface area contributed by atoms with Crippen molar-refractivity contribution in [3.8, 4) is 11.5 Å². The highest BCUT2D eigenvalue weighted by molar-refractivity contribution is 6.04. The molecule has 0 unspecified atom stereocenters. The highest BCUT2D eigenvalue weighted by Gasteiger charge is 2.23. The minimum Gasteiger partial charge on any atom is -0.493 e. The van der Waals surface area contributed by atoms with Crippen LogP contribution >= 0.6 is 0 Å². The first-order chi connectivity index (χ1) is 15.5. The van der Waals surface area contributed by atoms with Crippen molar-refractivity contribution < 1.29 is 19.1 Å². The lowest BCUT2D eigenvalue weighted by Crippen LogP contribution is -2.31. The summed E-state index contributed by atoms with van der Waals surface area (Å²) in [6.45, 7) is 0.348. The van der Waals surface area contributed by atoms with Crippen LogP contribution in [0.4, 0.5) is 10.5 Å². The van der Waals surface area contributed by atoms with Gasteiger partial charge in [0.15, 0.2) is 11.5 Å². The number of nitrogens with two attached hydrogens (primary N) is 1. The molecule has 0 spiro atoms. The normalized spacial score (nSPS) is 16.6. The van der Waals surface area contributed by atoms with Crippen LogP contribution in [-0.4, -0.2) is 35.9 Å². The van der Waals surface area contributed by atoms with E-state index in [0.717, 1.165) is 35.4 Å². The van der Waals surface area contributed by atoms with Crippen molar-refractivity contribution in [1.82, 2.24) is 5.01 Å². The molecule has 2 aromatic carbocycles. The number of primary amides is 1. The predicted octanol–water partition coefficient (Wildman–Crippen LogP) is 4.03. The molecule has 1 fully saturated rings. The Morgan fingerprint density at radius 3 is 2.56 bits per heavy atom. The predicted molar refractivity (Wildman–Crippen MR) is 122 cm³/mol. The number of hydrogen-bond donors (Lipinski definition) is 2. The van der Waals surface area contributed by atoms with Crippen LogP contribution in [0.3, 0.4) is 0 Å². The number of nitrogens with zero attached hydrogens (tertiary/aromatic N) is 2. The van der Waals surface area contributed by atoms with E-state index < -0.39 is 6.03 Å². The van der Waals surface area contributed by atoms with E-state index in [-0.39, 0.29) is 12.0 Å². The summed E-state index contributed by atoms with van der Waals surface area (Å²) >= 11 is 0. The first-order valence-corrected chi connectivity index (χ1v) is 10.9. The van der Waals surface area contributed by atoms with Gasteiger partial charge in [0.25, 0.3) is 0 Å². The number of methoxy groups -OCH3 is 1. The third-order valence-corrected chi connectivity index (χ3v) is 5.75. The van der Waals surface area contributed by atoms with Gasteiger partial charge in [0.2, 0.25) is 5.91 Å². The summed E-state index contributed by atoms with van der Waals surface area (Å²) in [4.78, 5) is 23.5. The highest BCUT2D eigenvalue weighted by atomic mass is 16.5. The molecule has 3 N–H and O–H groups in total. The van der Waals surface area contributed by atoms with Crippen molar-refractivity contribution in [2.45, 2.75) is 51.2 Å². The Bertz CT molecular complexity index is 1010. The van der Waals surface area contributed by atoms with E-state index in [0.29, 0.717) is 30.8 Å². The van der Waals surface area contributed by atoms with Crippen LogP contribution in [0.2, 0.25) is 0 Å². The van der Waals surface area contributed by atoms with Crippen molar-refractivity contribution in [1.29, 1.82) is 0 Å². The second kappa shape index (κ2) is 9.72. The summed E-state index contributed by atoms with van der Waals surface area (Å²) in [6, 6.07) is 12.4. The number of anilines is 1. The quantitative estimate of drug-likeness (QED) is 0.683. The third kappa shape index (κ3) is 5.19. The van der Waals surface area contributed by atoms with Crippen molar-refractivity contribution in [2.75, 3.05) is 12.4 Å². The zero-order chi connectivity index (χ0) is 22.5. The molecule has 32 heavy (non-hydrogen) atoms. The Morgan fingerprint density at radius 1 is 1.12 bits per heavy atom. The summed E-state index contributed by atoms with van der Waals surface area (Å²) in [7, 11) is 1.64. The summed E-state index contributed by atoms with van der Waals surface area (Å²) in [5, 5.41) is 8.66. The van der Waals surface area contributed by atoms with E-state index >= 15 is 0 Å². The fourth-order valence-corrected chi connectivity index (χ4v) is 4.07. The Labute approximate surface area is 187 Å². The van der Waals surface area contributed by atoms with Crippen LogP contribution in [0.5, 0.6) is 11.5 Å². The number of urea groups is 1. The smallest absolute Gasteiger partial charge is 0.316 e. The lowest BCUT2D eigenvalue weighted by molar-refractivity contribution is -0.132. The number of carbonyl (C=O) groups excluding carboxylic acids is 2. The van der Waals surface area contributed by atoms with Gasteiger partial charge in [0.05, 0.1) is 25.5 Å². The molecule has 2 aromatic rings. The third-order valence-electron chi connectivity index (χ3n) is 5.75. The fourth-order valence-electron chi connectivity index (χ4n) is 4.07. The summed E-state index contributed by atoms with van der Waals surface area (Å²) in [5.41, 5.74) is 8.41. The van der Waals surface area contributed by atoms with Gasteiger partial charge in [-0.3, -0.25) is 4.79 Å². The molecule has 168 valence electrons. The van der Waals surface area contributed by atoms with E-state index in [1.807, 2.05) is 30.3 Å². The zero-order valence-corrected chi connectivity index (χ0v) is 18.2. The first kappa shape index (κ1) is 21.7. The van der Waals surface area contributed by atoms with Crippen molar-refractivity contribution >= 4 is 23.3 Å². The summed E-state index contributed by atoms with van der Waals surface area (Å²) in [5.74, 6) is 1.40. The van der Waals surface area contributed by atoms with Crippen LogP contribution in [0.25, 0.3) is 0 Å². The highest BCUT2D eigenvalue weighted by Crippen LogP contribution is 2.33. The standard InChI is InChI=1S/C24H28N4O4/c1-31-21-12-8-17(14-22(21)32-19-4-2-3-5-19)20-11-13-23(29)28(27-20)15-16-6-9-18(10-7-16)26-24(25)30/h6-10,12,14,19H,2-5,11,13,15H2,1H3,(H3,25,26,30). The Hall–Kier alpha value is -3.55. The van der Waals surface area contributed by atoms with Gasteiger partial charge in [-0.1, -0.05) is 12.1 Å². The molecule has 1 saturated carbocycles. The maximum Gasteiger partial charge on any atom is 0.316 e. The van der Waals surface area contributed by atoms with E-state index in [2.05, 4.69) is 10.4 Å². The number of hydrazone groups is 1. The Morgan fingerprint density at radius 2 is 1.88 bits per heavy atom. The van der Waals surface area contributed by atoms with Gasteiger partial charge in [-0.2, -0.15) is 5.10 Å². The molecule has 0 atom stereocenters. The number of carbonyl (C=O) groups is 2. The van der Waals surface area contributed by atoms with Crippen LogP contribution < -0.4 is 20.5 Å². The molecule has 8 nitrogen and oxygen atoms in total. The molecular weight excluding hydrogens is 408 g/mol. The molecule has 0 bridgehead atoms. The number of hydrogen-bond acceptors (Lipinski definition) is 5. The average molecular weight is 437 g/mol. The van der Waals surface area contributed by atoms with Gasteiger partial charge in [0.1, 0.15) is 0 Å². The topological polar surface area (TPSA) is 106 Å². The van der Waals surface area contributed by atoms with Gasteiger partial charge in [0, 0.05) is 24.1 Å². The molecular formula is C24H28N4O4. The second-order valence-corrected chi connectivity index (χ2v) is 8.07. The molecule has 0 aromatic heterocycles. The number of nitrogens with one attached hydrogen (secondary N) is 1. The second-order valence-electron chi connectivity index (χ2n) is 8.07. The molecule has 1 heterocycles. The minimum atomic E-state index is -0.617. The van der Waals surface area contributed by atoms with Gasteiger partial charge in [-0.15, -0.1) is 0 Å². The van der Waals surface area contributed by atoms with Crippen molar-refractivity contribution in [3.05, 3.63) is 53.6 Å². The first-order valence-electron chi connectivity index (χ1n) is 10.9.